The number of ether oxygens (including phenoxy) is 1. The molecule has 1 atom stereocenters. The van der Waals surface area contributed by atoms with Crippen molar-refractivity contribution in [2.24, 2.45) is 0 Å². The van der Waals surface area contributed by atoms with E-state index >= 15 is 0 Å². The molecule has 28 heavy (non-hydrogen) atoms. The first-order valence-electron chi connectivity index (χ1n) is 9.38. The van der Waals surface area contributed by atoms with Crippen molar-refractivity contribution in [2.75, 3.05) is 26.8 Å². The lowest BCUT2D eigenvalue weighted by Gasteiger charge is -2.34. The van der Waals surface area contributed by atoms with E-state index in [1.807, 2.05) is 30.5 Å². The van der Waals surface area contributed by atoms with Crippen LogP contribution in [0.5, 0.6) is 5.75 Å². The van der Waals surface area contributed by atoms with E-state index in [9.17, 15) is 14.7 Å². The molecule has 3 N–H and O–H groups in total. The predicted octanol–water partition coefficient (Wildman–Crippen LogP) is 1.29. The van der Waals surface area contributed by atoms with Crippen LogP contribution in [0.15, 0.2) is 30.5 Å². The third kappa shape index (κ3) is 4.33. The fraction of sp³-hybridized carbons (Fsp3) is 0.450. The van der Waals surface area contributed by atoms with Gasteiger partial charge < -0.3 is 20.1 Å². The molecule has 0 aliphatic carbocycles. The van der Waals surface area contributed by atoms with Gasteiger partial charge >= 0.3 is 0 Å². The molecule has 1 aliphatic rings. The molecule has 0 bridgehead atoms. The first-order valence-corrected chi connectivity index (χ1v) is 9.38. The van der Waals surface area contributed by atoms with Crippen LogP contribution in [0.3, 0.4) is 0 Å². The van der Waals surface area contributed by atoms with Gasteiger partial charge in [-0.25, -0.2) is 0 Å². The van der Waals surface area contributed by atoms with Gasteiger partial charge in [-0.3, -0.25) is 14.7 Å². The lowest BCUT2D eigenvalue weighted by atomic mass is 9.89. The molecule has 0 saturated carbocycles. The Labute approximate surface area is 163 Å². The molecule has 1 fully saturated rings. The summed E-state index contributed by atoms with van der Waals surface area (Å²) in [5.74, 6) is 0.468. The minimum atomic E-state index is -0.881. The van der Waals surface area contributed by atoms with Crippen LogP contribution < -0.4 is 10.1 Å². The Bertz CT molecular complexity index is 827. The number of carbonyl (C=O) groups excluding carboxylic acids is 2. The first kappa shape index (κ1) is 19.9. The molecule has 8 nitrogen and oxygen atoms in total. The van der Waals surface area contributed by atoms with Gasteiger partial charge in [0.2, 0.25) is 11.8 Å². The molecule has 2 heterocycles. The minimum Gasteiger partial charge on any atom is -0.497 e. The van der Waals surface area contributed by atoms with Crippen molar-refractivity contribution in [3.8, 4) is 16.9 Å². The standard InChI is InChI=1S/C20H26N4O4/c1-13(26)22-18(12-25)20(27)24-8-6-14(7-9-24)19-17(11-21-23-19)15-4-3-5-16(10-15)28-2/h3-5,10-11,14,18,25H,6-9,12H2,1-2H3,(H,21,23)(H,22,26)/t18-/m1/s1. The third-order valence-electron chi connectivity index (χ3n) is 5.12. The first-order chi connectivity index (χ1) is 13.5. The van der Waals surface area contributed by atoms with Gasteiger partial charge in [0.25, 0.3) is 0 Å². The lowest BCUT2D eigenvalue weighted by Crippen LogP contribution is -2.51. The summed E-state index contributed by atoms with van der Waals surface area (Å²) >= 11 is 0. The van der Waals surface area contributed by atoms with Gasteiger partial charge in [-0.15, -0.1) is 0 Å². The Hall–Kier alpha value is -2.87. The average molecular weight is 386 g/mol. The average Bonchev–Trinajstić information content (AvgIpc) is 3.21. The topological polar surface area (TPSA) is 108 Å². The number of carbonyl (C=O) groups is 2. The molecule has 1 aromatic heterocycles. The Balaban J connectivity index is 1.68. The van der Waals surface area contributed by atoms with Crippen molar-refractivity contribution in [3.63, 3.8) is 0 Å². The number of aliphatic hydroxyl groups excluding tert-OH is 1. The Kier molecular flexibility index (Phi) is 6.30. The number of aliphatic hydroxyl groups is 1. The van der Waals surface area contributed by atoms with Crippen molar-refractivity contribution in [1.82, 2.24) is 20.4 Å². The Morgan fingerprint density at radius 3 is 2.79 bits per heavy atom. The summed E-state index contributed by atoms with van der Waals surface area (Å²) in [5, 5.41) is 19.3. The van der Waals surface area contributed by atoms with Gasteiger partial charge in [-0.2, -0.15) is 5.10 Å². The van der Waals surface area contributed by atoms with Gasteiger partial charge in [-0.05, 0) is 30.5 Å². The maximum Gasteiger partial charge on any atom is 0.247 e. The number of benzene rings is 1. The van der Waals surface area contributed by atoms with Gasteiger partial charge in [0.1, 0.15) is 11.8 Å². The maximum absolute atomic E-state index is 12.5. The van der Waals surface area contributed by atoms with Gasteiger partial charge in [0.15, 0.2) is 0 Å². The van der Waals surface area contributed by atoms with E-state index in [2.05, 4.69) is 15.5 Å². The Morgan fingerprint density at radius 1 is 1.39 bits per heavy atom. The number of methoxy groups -OCH3 is 1. The van der Waals surface area contributed by atoms with E-state index in [4.69, 9.17) is 4.74 Å². The molecule has 0 radical (unpaired) electrons. The molecule has 3 rings (SSSR count). The fourth-order valence-corrected chi connectivity index (χ4v) is 3.67. The number of aromatic amines is 1. The zero-order chi connectivity index (χ0) is 20.1. The summed E-state index contributed by atoms with van der Waals surface area (Å²) in [6.07, 6.45) is 3.38. The number of hydrogen-bond donors (Lipinski definition) is 3. The van der Waals surface area contributed by atoms with Gasteiger partial charge in [-0.1, -0.05) is 12.1 Å². The number of nitrogens with one attached hydrogen (secondary N) is 2. The van der Waals surface area contributed by atoms with Gasteiger partial charge in [0, 0.05) is 37.2 Å². The molecule has 2 amide bonds. The smallest absolute Gasteiger partial charge is 0.247 e. The molecule has 0 unspecified atom stereocenters. The summed E-state index contributed by atoms with van der Waals surface area (Å²) in [6, 6.07) is 6.97. The quantitative estimate of drug-likeness (QED) is 0.693. The summed E-state index contributed by atoms with van der Waals surface area (Å²) in [4.78, 5) is 25.5. The Morgan fingerprint density at radius 2 is 2.14 bits per heavy atom. The van der Waals surface area contributed by atoms with Crippen LogP contribution in [0, 0.1) is 0 Å². The molecule has 8 heteroatoms. The molecular formula is C20H26N4O4. The predicted molar refractivity (Wildman–Crippen MR) is 104 cm³/mol. The maximum atomic E-state index is 12.5. The monoisotopic (exact) mass is 386 g/mol. The number of likely N-dealkylation sites (tertiary alicyclic amines) is 1. The highest BCUT2D eigenvalue weighted by molar-refractivity contribution is 5.87. The van der Waals surface area contributed by atoms with Crippen molar-refractivity contribution in [2.45, 2.75) is 31.7 Å². The normalized spacial score (nSPS) is 15.9. The second-order valence-electron chi connectivity index (χ2n) is 6.96. The highest BCUT2D eigenvalue weighted by Gasteiger charge is 2.30. The highest BCUT2D eigenvalue weighted by atomic mass is 16.5. The number of nitrogens with zero attached hydrogens (tertiary/aromatic N) is 2. The SMILES string of the molecule is COc1cccc(-c2cn[nH]c2C2CCN(C(=O)[C@@H](CO)NC(C)=O)CC2)c1. The van der Waals surface area contributed by atoms with Crippen LogP contribution in [0.2, 0.25) is 0 Å². The largest absolute Gasteiger partial charge is 0.497 e. The van der Waals surface area contributed by atoms with E-state index in [0.29, 0.717) is 13.1 Å². The van der Waals surface area contributed by atoms with Crippen molar-refractivity contribution < 1.29 is 19.4 Å². The molecule has 150 valence electrons. The second-order valence-corrected chi connectivity index (χ2v) is 6.96. The van der Waals surface area contributed by atoms with Crippen LogP contribution in [0.4, 0.5) is 0 Å². The number of rotatable bonds is 6. The van der Waals surface area contributed by atoms with Crippen LogP contribution in [-0.2, 0) is 9.59 Å². The summed E-state index contributed by atoms with van der Waals surface area (Å²) in [7, 11) is 1.64. The van der Waals surface area contributed by atoms with E-state index in [0.717, 1.165) is 35.4 Å². The number of H-pyrrole nitrogens is 1. The van der Waals surface area contributed by atoms with E-state index < -0.39 is 12.6 Å². The van der Waals surface area contributed by atoms with Crippen LogP contribution in [0.25, 0.3) is 11.1 Å². The minimum absolute atomic E-state index is 0.242. The molecular weight excluding hydrogens is 360 g/mol. The number of hydrogen-bond acceptors (Lipinski definition) is 5. The second kappa shape index (κ2) is 8.88. The molecule has 0 spiro atoms. The van der Waals surface area contributed by atoms with Crippen molar-refractivity contribution >= 4 is 11.8 Å². The number of aromatic nitrogens is 2. The number of piperidine rings is 1. The molecule has 1 aliphatic heterocycles. The van der Waals surface area contributed by atoms with E-state index in [1.54, 1.807) is 12.0 Å². The van der Waals surface area contributed by atoms with Crippen LogP contribution in [-0.4, -0.2) is 64.9 Å². The summed E-state index contributed by atoms with van der Waals surface area (Å²) < 4.78 is 5.31. The number of amides is 2. The van der Waals surface area contributed by atoms with Crippen LogP contribution in [0.1, 0.15) is 31.4 Å². The van der Waals surface area contributed by atoms with E-state index in [1.165, 1.54) is 6.92 Å². The highest BCUT2D eigenvalue weighted by Crippen LogP contribution is 2.35. The molecule has 1 aromatic carbocycles. The molecule has 1 saturated heterocycles. The third-order valence-corrected chi connectivity index (χ3v) is 5.12. The zero-order valence-electron chi connectivity index (χ0n) is 16.1. The summed E-state index contributed by atoms with van der Waals surface area (Å²) in [5.41, 5.74) is 3.13. The van der Waals surface area contributed by atoms with Crippen molar-refractivity contribution in [3.05, 3.63) is 36.2 Å². The summed E-state index contributed by atoms with van der Waals surface area (Å²) in [6.45, 7) is 2.06. The van der Waals surface area contributed by atoms with E-state index in [-0.39, 0.29) is 17.7 Å². The fourth-order valence-electron chi connectivity index (χ4n) is 3.67. The molecule has 2 aromatic rings. The van der Waals surface area contributed by atoms with Crippen LogP contribution >= 0.6 is 0 Å². The lowest BCUT2D eigenvalue weighted by molar-refractivity contribution is -0.138. The van der Waals surface area contributed by atoms with Gasteiger partial charge in [0.05, 0.1) is 19.9 Å². The van der Waals surface area contributed by atoms with Crippen molar-refractivity contribution in [1.29, 1.82) is 0 Å². The zero-order valence-corrected chi connectivity index (χ0v) is 16.1.